The van der Waals surface area contributed by atoms with E-state index in [1.807, 2.05) is 26.8 Å². The van der Waals surface area contributed by atoms with Crippen molar-refractivity contribution in [2.75, 3.05) is 19.8 Å². The molecule has 0 saturated carbocycles. The molecule has 0 radical (unpaired) electrons. The molecule has 0 fully saturated rings. The fourth-order valence-corrected chi connectivity index (χ4v) is 1.70. The summed E-state index contributed by atoms with van der Waals surface area (Å²) in [6.07, 6.45) is 1.68. The number of carbonyl (C=O) groups is 3. The lowest BCUT2D eigenvalue weighted by Gasteiger charge is -2.08. The minimum atomic E-state index is -0.686. The van der Waals surface area contributed by atoms with Crippen molar-refractivity contribution in [1.82, 2.24) is 5.32 Å². The highest BCUT2D eigenvalue weighted by atomic mass is 16.6. The maximum absolute atomic E-state index is 11.9. The summed E-state index contributed by atoms with van der Waals surface area (Å²) in [5.74, 6) is -1.64. The van der Waals surface area contributed by atoms with Gasteiger partial charge in [-0.2, -0.15) is 0 Å². The number of unbranched alkanes of at least 4 members (excludes halogenated alkanes) is 1. The Hall–Kier alpha value is -2.37. The van der Waals surface area contributed by atoms with Crippen molar-refractivity contribution in [3.8, 4) is 0 Å². The van der Waals surface area contributed by atoms with Crippen molar-refractivity contribution in [3.63, 3.8) is 0 Å². The molecule has 0 aliphatic rings. The molecule has 1 amide bonds. The fourth-order valence-electron chi connectivity index (χ4n) is 1.70. The molecule has 0 atom stereocenters. The molecule has 0 unspecified atom stereocenters. The molecule has 23 heavy (non-hydrogen) atoms. The molecule has 0 heterocycles. The van der Waals surface area contributed by atoms with Gasteiger partial charge in [0.25, 0.3) is 5.91 Å². The molecule has 1 N–H and O–H groups in total. The Balaban J connectivity index is 2.31. The Morgan fingerprint density at radius 3 is 2.43 bits per heavy atom. The molecule has 6 nitrogen and oxygen atoms in total. The Labute approximate surface area is 136 Å². The molecular formula is C17H23NO5. The van der Waals surface area contributed by atoms with Gasteiger partial charge in [0.05, 0.1) is 6.61 Å². The van der Waals surface area contributed by atoms with E-state index in [1.165, 1.54) is 0 Å². The average molecular weight is 321 g/mol. The Morgan fingerprint density at radius 2 is 1.78 bits per heavy atom. The smallest absolute Gasteiger partial charge is 0.344 e. The first kappa shape index (κ1) is 18.7. The van der Waals surface area contributed by atoms with Gasteiger partial charge in [0, 0.05) is 5.56 Å². The number of ether oxygens (including phenoxy) is 2. The number of esters is 2. The summed E-state index contributed by atoms with van der Waals surface area (Å²) in [5, 5.41) is 2.46. The summed E-state index contributed by atoms with van der Waals surface area (Å²) in [4.78, 5) is 34.7. The van der Waals surface area contributed by atoms with Crippen molar-refractivity contribution in [1.29, 1.82) is 0 Å². The molecule has 1 aromatic rings. The second kappa shape index (κ2) is 9.61. The highest BCUT2D eigenvalue weighted by molar-refractivity contribution is 5.96. The number of carbonyl (C=O) groups excluding carboxylic acids is 3. The van der Waals surface area contributed by atoms with E-state index in [0.717, 1.165) is 24.0 Å². The second-order valence-electron chi connectivity index (χ2n) is 5.22. The fraction of sp³-hybridized carbons (Fsp3) is 0.471. The molecular weight excluding hydrogens is 298 g/mol. The third-order valence-electron chi connectivity index (χ3n) is 3.27. The van der Waals surface area contributed by atoms with Crippen molar-refractivity contribution in [3.05, 3.63) is 34.9 Å². The van der Waals surface area contributed by atoms with Gasteiger partial charge in [0.1, 0.15) is 6.54 Å². The lowest BCUT2D eigenvalue weighted by molar-refractivity contribution is -0.158. The maximum atomic E-state index is 11.9. The van der Waals surface area contributed by atoms with Crippen molar-refractivity contribution < 1.29 is 23.9 Å². The van der Waals surface area contributed by atoms with Crippen LogP contribution in [0.5, 0.6) is 0 Å². The van der Waals surface area contributed by atoms with E-state index in [-0.39, 0.29) is 12.5 Å². The normalized spacial score (nSPS) is 10.0. The van der Waals surface area contributed by atoms with Gasteiger partial charge in [-0.05, 0) is 43.5 Å². The Kier molecular flexibility index (Phi) is 7.80. The topological polar surface area (TPSA) is 81.7 Å². The monoisotopic (exact) mass is 321 g/mol. The minimum absolute atomic E-state index is 0.298. The molecule has 0 saturated heterocycles. The predicted molar refractivity (Wildman–Crippen MR) is 85.1 cm³/mol. The molecule has 1 aromatic carbocycles. The summed E-state index contributed by atoms with van der Waals surface area (Å²) in [7, 11) is 0. The lowest BCUT2D eigenvalue weighted by Crippen LogP contribution is -2.31. The lowest BCUT2D eigenvalue weighted by atomic mass is 10.1. The molecule has 0 aromatic heterocycles. The zero-order chi connectivity index (χ0) is 17.2. The standard InChI is InChI=1S/C17H23NO5/c1-4-5-8-22-16(20)11-23-15(19)10-18-17(21)14-7-6-12(2)13(3)9-14/h6-7,9H,4-5,8,10-11H2,1-3H3,(H,18,21). The van der Waals surface area contributed by atoms with Gasteiger partial charge in [-0.1, -0.05) is 19.4 Å². The minimum Gasteiger partial charge on any atom is -0.463 e. The van der Waals surface area contributed by atoms with Gasteiger partial charge in [0.15, 0.2) is 6.61 Å². The van der Waals surface area contributed by atoms with Crippen LogP contribution in [0.1, 0.15) is 41.3 Å². The predicted octanol–water partition coefficient (Wildman–Crippen LogP) is 1.92. The van der Waals surface area contributed by atoms with E-state index in [9.17, 15) is 14.4 Å². The molecule has 1 rings (SSSR count). The molecule has 0 aliphatic heterocycles. The van der Waals surface area contributed by atoms with E-state index in [2.05, 4.69) is 5.32 Å². The number of aryl methyl sites for hydroxylation is 2. The van der Waals surface area contributed by atoms with Gasteiger partial charge >= 0.3 is 11.9 Å². The van der Waals surface area contributed by atoms with Gasteiger partial charge in [0.2, 0.25) is 0 Å². The van der Waals surface area contributed by atoms with Crippen LogP contribution in [-0.2, 0) is 19.1 Å². The Morgan fingerprint density at radius 1 is 1.04 bits per heavy atom. The number of nitrogens with one attached hydrogen (secondary N) is 1. The van der Waals surface area contributed by atoms with Crippen molar-refractivity contribution in [2.45, 2.75) is 33.6 Å². The first-order valence-electron chi connectivity index (χ1n) is 7.60. The highest BCUT2D eigenvalue weighted by Crippen LogP contribution is 2.09. The summed E-state index contributed by atoms with van der Waals surface area (Å²) in [5.41, 5.74) is 2.55. The summed E-state index contributed by atoms with van der Waals surface area (Å²) >= 11 is 0. The van der Waals surface area contributed by atoms with Gasteiger partial charge in [-0.3, -0.25) is 9.59 Å². The zero-order valence-corrected chi connectivity index (χ0v) is 13.8. The number of hydrogen-bond donors (Lipinski definition) is 1. The van der Waals surface area contributed by atoms with E-state index >= 15 is 0 Å². The van der Waals surface area contributed by atoms with Crippen LogP contribution in [0, 0.1) is 13.8 Å². The number of benzene rings is 1. The van der Waals surface area contributed by atoms with E-state index < -0.39 is 18.5 Å². The first-order valence-corrected chi connectivity index (χ1v) is 7.60. The quantitative estimate of drug-likeness (QED) is 0.584. The summed E-state index contributed by atoms with van der Waals surface area (Å²) in [6.45, 7) is 5.41. The SMILES string of the molecule is CCCCOC(=O)COC(=O)CNC(=O)c1ccc(C)c(C)c1. The van der Waals surface area contributed by atoms with E-state index in [0.29, 0.717) is 12.2 Å². The molecule has 0 spiro atoms. The van der Waals surface area contributed by atoms with Crippen LogP contribution < -0.4 is 5.32 Å². The van der Waals surface area contributed by atoms with Crippen LogP contribution in [-0.4, -0.2) is 37.6 Å². The van der Waals surface area contributed by atoms with Crippen LogP contribution in [0.15, 0.2) is 18.2 Å². The van der Waals surface area contributed by atoms with Crippen molar-refractivity contribution >= 4 is 17.8 Å². The highest BCUT2D eigenvalue weighted by Gasteiger charge is 2.11. The largest absolute Gasteiger partial charge is 0.463 e. The number of rotatable bonds is 8. The number of hydrogen-bond acceptors (Lipinski definition) is 5. The zero-order valence-electron chi connectivity index (χ0n) is 13.8. The summed E-state index contributed by atoms with van der Waals surface area (Å²) in [6, 6.07) is 5.28. The van der Waals surface area contributed by atoms with E-state index in [1.54, 1.807) is 12.1 Å². The van der Waals surface area contributed by atoms with Gasteiger partial charge in [-0.25, -0.2) is 4.79 Å². The second-order valence-corrected chi connectivity index (χ2v) is 5.22. The van der Waals surface area contributed by atoms with Gasteiger partial charge < -0.3 is 14.8 Å². The van der Waals surface area contributed by atoms with Crippen LogP contribution >= 0.6 is 0 Å². The average Bonchev–Trinajstić information content (AvgIpc) is 2.53. The van der Waals surface area contributed by atoms with Crippen LogP contribution in [0.4, 0.5) is 0 Å². The van der Waals surface area contributed by atoms with Crippen LogP contribution in [0.25, 0.3) is 0 Å². The molecule has 0 bridgehead atoms. The third kappa shape index (κ3) is 6.95. The molecule has 126 valence electrons. The maximum Gasteiger partial charge on any atom is 0.344 e. The van der Waals surface area contributed by atoms with Crippen molar-refractivity contribution in [2.24, 2.45) is 0 Å². The number of amides is 1. The van der Waals surface area contributed by atoms with E-state index in [4.69, 9.17) is 9.47 Å². The van der Waals surface area contributed by atoms with Crippen LogP contribution in [0.2, 0.25) is 0 Å². The van der Waals surface area contributed by atoms with Gasteiger partial charge in [-0.15, -0.1) is 0 Å². The summed E-state index contributed by atoms with van der Waals surface area (Å²) < 4.78 is 9.58. The molecule has 0 aliphatic carbocycles. The molecule has 6 heteroatoms. The Bertz CT molecular complexity index is 568. The third-order valence-corrected chi connectivity index (χ3v) is 3.27. The first-order chi connectivity index (χ1) is 10.9. The van der Waals surface area contributed by atoms with Crippen LogP contribution in [0.3, 0.4) is 0 Å².